The van der Waals surface area contributed by atoms with E-state index in [2.05, 4.69) is 181 Å². The van der Waals surface area contributed by atoms with Crippen molar-refractivity contribution in [1.82, 2.24) is 5.32 Å². The molecule has 0 saturated heterocycles. The van der Waals surface area contributed by atoms with Crippen LogP contribution in [0.5, 0.6) is 0 Å². The van der Waals surface area contributed by atoms with Crippen LogP contribution in [0.15, 0.2) is 204 Å². The standard InChI is InChI=1S/C50H34N2O/c1-3-11-33(12-4-1)35-19-24-37(25-20-35)42-29-30-43(48-44-17-9-10-18-47(44)53-49(42)48)46-32-45(38-14-5-2-6-15-38)51-50(52-46)39-26-21-36(22-27-39)41-28-23-34-13-7-8-16-40(34)31-41/h1-32,50,52H. The molecule has 0 saturated carbocycles. The first-order chi connectivity index (χ1) is 26.2. The zero-order valence-corrected chi connectivity index (χ0v) is 28.9. The molecule has 0 aliphatic carbocycles. The van der Waals surface area contributed by atoms with Gasteiger partial charge in [-0.15, -0.1) is 0 Å². The minimum absolute atomic E-state index is 0.283. The quantitative estimate of drug-likeness (QED) is 0.190. The second-order valence-electron chi connectivity index (χ2n) is 13.6. The number of benzene rings is 8. The van der Waals surface area contributed by atoms with Crippen LogP contribution < -0.4 is 5.32 Å². The second-order valence-corrected chi connectivity index (χ2v) is 13.6. The summed E-state index contributed by atoms with van der Waals surface area (Å²) in [7, 11) is 0. The minimum Gasteiger partial charge on any atom is -0.455 e. The van der Waals surface area contributed by atoms with Gasteiger partial charge in [0.05, 0.1) is 5.71 Å². The van der Waals surface area contributed by atoms with E-state index in [1.807, 2.05) is 18.2 Å². The fraction of sp³-hybridized carbons (Fsp3) is 0.0200. The third-order valence-electron chi connectivity index (χ3n) is 10.3. The van der Waals surface area contributed by atoms with Crippen molar-refractivity contribution >= 4 is 44.1 Å². The third-order valence-corrected chi connectivity index (χ3v) is 10.3. The first kappa shape index (κ1) is 30.8. The van der Waals surface area contributed by atoms with Crippen molar-refractivity contribution in [3.63, 3.8) is 0 Å². The van der Waals surface area contributed by atoms with Crippen LogP contribution in [-0.4, -0.2) is 5.71 Å². The molecule has 53 heavy (non-hydrogen) atoms. The maximum Gasteiger partial charge on any atom is 0.145 e. The van der Waals surface area contributed by atoms with E-state index in [0.717, 1.165) is 61.2 Å². The second kappa shape index (κ2) is 13.0. The number of hydrogen-bond acceptors (Lipinski definition) is 3. The zero-order chi connectivity index (χ0) is 35.1. The average molecular weight is 679 g/mol. The Morgan fingerprint density at radius 2 is 1.04 bits per heavy atom. The normalized spacial score (nSPS) is 14.2. The van der Waals surface area contributed by atoms with Crippen LogP contribution in [0.2, 0.25) is 0 Å². The number of aliphatic imine (C=N–C) groups is 1. The van der Waals surface area contributed by atoms with Crippen molar-refractivity contribution in [1.29, 1.82) is 0 Å². The molecule has 1 atom stereocenters. The van der Waals surface area contributed by atoms with Crippen LogP contribution in [0.3, 0.4) is 0 Å². The SMILES string of the molecule is C1=C(c2ccc(-c3ccc(-c4ccccc4)cc3)c3oc4ccccc4c23)NC(c2ccc(-c3ccc4ccccc4c3)cc2)N=C1c1ccccc1. The summed E-state index contributed by atoms with van der Waals surface area (Å²) in [5.74, 6) is 0. The molecule has 0 fully saturated rings. The summed E-state index contributed by atoms with van der Waals surface area (Å²) in [6.07, 6.45) is 1.90. The lowest BCUT2D eigenvalue weighted by atomic mass is 9.94. The summed E-state index contributed by atoms with van der Waals surface area (Å²) in [5.41, 5.74) is 13.9. The molecular weight excluding hydrogens is 645 g/mol. The topological polar surface area (TPSA) is 37.5 Å². The first-order valence-corrected chi connectivity index (χ1v) is 18.1. The summed E-state index contributed by atoms with van der Waals surface area (Å²) in [4.78, 5) is 5.28. The number of nitrogens with one attached hydrogen (secondary N) is 1. The molecule has 0 radical (unpaired) electrons. The Hall–Kier alpha value is -6.97. The molecule has 250 valence electrons. The molecule has 0 amide bonds. The van der Waals surface area contributed by atoms with Gasteiger partial charge in [0, 0.05) is 27.6 Å². The molecule has 1 N–H and O–H groups in total. The van der Waals surface area contributed by atoms with E-state index in [1.54, 1.807) is 0 Å². The Morgan fingerprint density at radius 1 is 0.453 bits per heavy atom. The van der Waals surface area contributed by atoms with Gasteiger partial charge in [0.2, 0.25) is 0 Å². The number of hydrogen-bond donors (Lipinski definition) is 1. The molecule has 1 aliphatic rings. The fourth-order valence-electron chi connectivity index (χ4n) is 7.59. The van der Waals surface area contributed by atoms with Crippen LogP contribution >= 0.6 is 0 Å². The smallest absolute Gasteiger partial charge is 0.145 e. The van der Waals surface area contributed by atoms with E-state index in [4.69, 9.17) is 9.41 Å². The van der Waals surface area contributed by atoms with Crippen molar-refractivity contribution in [2.45, 2.75) is 6.17 Å². The van der Waals surface area contributed by atoms with Crippen LogP contribution in [-0.2, 0) is 0 Å². The van der Waals surface area contributed by atoms with Gasteiger partial charge in [-0.1, -0.05) is 170 Å². The highest BCUT2D eigenvalue weighted by Gasteiger charge is 2.24. The van der Waals surface area contributed by atoms with Gasteiger partial charge in [0.15, 0.2) is 0 Å². The lowest BCUT2D eigenvalue weighted by molar-refractivity contribution is 0.663. The Morgan fingerprint density at radius 3 is 1.83 bits per heavy atom. The number of rotatable bonds is 6. The van der Waals surface area contributed by atoms with E-state index in [-0.39, 0.29) is 6.17 Å². The summed E-state index contributed by atoms with van der Waals surface area (Å²) < 4.78 is 6.70. The van der Waals surface area contributed by atoms with E-state index in [0.29, 0.717) is 0 Å². The van der Waals surface area contributed by atoms with Gasteiger partial charge in [-0.25, -0.2) is 0 Å². The maximum absolute atomic E-state index is 6.70. The molecule has 0 bridgehead atoms. The molecule has 2 heterocycles. The number of nitrogens with zero attached hydrogens (tertiary/aromatic N) is 1. The molecule has 8 aromatic carbocycles. The van der Waals surface area contributed by atoms with Crippen LogP contribution in [0.25, 0.3) is 71.8 Å². The Kier molecular flexibility index (Phi) is 7.54. The van der Waals surface area contributed by atoms with Crippen molar-refractivity contribution in [2.24, 2.45) is 4.99 Å². The predicted octanol–water partition coefficient (Wildman–Crippen LogP) is 12.9. The number of furan rings is 1. The van der Waals surface area contributed by atoms with Crippen molar-refractivity contribution < 1.29 is 4.42 Å². The van der Waals surface area contributed by atoms with Gasteiger partial charge in [0.25, 0.3) is 0 Å². The van der Waals surface area contributed by atoms with Gasteiger partial charge in [-0.2, -0.15) is 0 Å². The number of fused-ring (bicyclic) bond motifs is 4. The average Bonchev–Trinajstić information content (AvgIpc) is 3.64. The van der Waals surface area contributed by atoms with Gasteiger partial charge in [0.1, 0.15) is 17.3 Å². The van der Waals surface area contributed by atoms with Crippen molar-refractivity contribution in [3.05, 3.63) is 211 Å². The number of allylic oxidation sites excluding steroid dienone is 1. The van der Waals surface area contributed by atoms with Gasteiger partial charge >= 0.3 is 0 Å². The lowest BCUT2D eigenvalue weighted by Gasteiger charge is -2.25. The fourth-order valence-corrected chi connectivity index (χ4v) is 7.59. The molecule has 0 spiro atoms. The monoisotopic (exact) mass is 678 g/mol. The summed E-state index contributed by atoms with van der Waals surface area (Å²) >= 11 is 0. The van der Waals surface area contributed by atoms with Gasteiger partial charge in [-0.05, 0) is 74.0 Å². The van der Waals surface area contributed by atoms with E-state index in [9.17, 15) is 0 Å². The maximum atomic E-state index is 6.70. The predicted molar refractivity (Wildman–Crippen MR) is 221 cm³/mol. The molecule has 1 aliphatic heterocycles. The molecule has 3 heteroatoms. The minimum atomic E-state index is -0.283. The molecule has 10 rings (SSSR count). The highest BCUT2D eigenvalue weighted by Crippen LogP contribution is 2.41. The van der Waals surface area contributed by atoms with E-state index in [1.165, 1.54) is 33.0 Å². The van der Waals surface area contributed by atoms with Crippen molar-refractivity contribution in [3.8, 4) is 33.4 Å². The van der Waals surface area contributed by atoms with Crippen LogP contribution in [0.1, 0.15) is 22.9 Å². The molecule has 1 unspecified atom stereocenters. The van der Waals surface area contributed by atoms with Crippen LogP contribution in [0, 0.1) is 0 Å². The summed E-state index contributed by atoms with van der Waals surface area (Å²) in [6, 6.07) is 66.4. The van der Waals surface area contributed by atoms with Crippen LogP contribution in [0.4, 0.5) is 0 Å². The largest absolute Gasteiger partial charge is 0.455 e. The molecule has 1 aromatic heterocycles. The highest BCUT2D eigenvalue weighted by molar-refractivity contribution is 6.18. The first-order valence-electron chi connectivity index (χ1n) is 18.1. The van der Waals surface area contributed by atoms with Gasteiger partial charge in [-0.3, -0.25) is 4.99 Å². The Balaban J connectivity index is 1.06. The zero-order valence-electron chi connectivity index (χ0n) is 28.9. The summed E-state index contributed by atoms with van der Waals surface area (Å²) in [5, 5.41) is 8.49. The Labute approximate surface area is 308 Å². The lowest BCUT2D eigenvalue weighted by Crippen LogP contribution is -2.25. The molecule has 9 aromatic rings. The van der Waals surface area contributed by atoms with E-state index < -0.39 is 0 Å². The molecule has 3 nitrogen and oxygen atoms in total. The molecular formula is C50H34N2O. The number of para-hydroxylation sites is 1. The third kappa shape index (κ3) is 5.69. The van der Waals surface area contributed by atoms with Crippen molar-refractivity contribution in [2.75, 3.05) is 0 Å². The van der Waals surface area contributed by atoms with E-state index >= 15 is 0 Å². The van der Waals surface area contributed by atoms with Gasteiger partial charge < -0.3 is 9.73 Å². The summed E-state index contributed by atoms with van der Waals surface area (Å²) in [6.45, 7) is 0. The Bertz CT molecular complexity index is 2830. The highest BCUT2D eigenvalue weighted by atomic mass is 16.3.